The first-order valence-corrected chi connectivity index (χ1v) is 7.84. The van der Waals surface area contributed by atoms with Crippen molar-refractivity contribution in [1.82, 2.24) is 4.90 Å². The summed E-state index contributed by atoms with van der Waals surface area (Å²) in [5, 5.41) is 0.561. The molecule has 4 nitrogen and oxygen atoms in total. The van der Waals surface area contributed by atoms with Gasteiger partial charge in [-0.3, -0.25) is 4.90 Å². The number of morpholine rings is 1. The Balaban J connectivity index is 0.000000491. The van der Waals surface area contributed by atoms with Crippen LogP contribution in [0.15, 0.2) is 18.2 Å². The van der Waals surface area contributed by atoms with Gasteiger partial charge in [-0.2, -0.15) is 0 Å². The van der Waals surface area contributed by atoms with Gasteiger partial charge in [0.15, 0.2) is 0 Å². The topological polar surface area (TPSA) is 47.7 Å². The van der Waals surface area contributed by atoms with Crippen molar-refractivity contribution in [3.05, 3.63) is 23.2 Å². The Kier molecular flexibility index (Phi) is 8.50. The van der Waals surface area contributed by atoms with Crippen LogP contribution in [0.3, 0.4) is 0 Å². The first kappa shape index (κ1) is 18.1. The van der Waals surface area contributed by atoms with Gasteiger partial charge >= 0.3 is 0 Å². The van der Waals surface area contributed by atoms with Crippen LogP contribution in [-0.2, 0) is 4.74 Å². The Morgan fingerprint density at radius 3 is 2.48 bits per heavy atom. The number of rotatable bonds is 4. The summed E-state index contributed by atoms with van der Waals surface area (Å²) < 4.78 is 10.9. The molecule has 1 aliphatic heterocycles. The van der Waals surface area contributed by atoms with E-state index < -0.39 is 0 Å². The molecule has 1 aromatic rings. The molecule has 1 aliphatic rings. The second-order valence-electron chi connectivity index (χ2n) is 5.72. The predicted molar refractivity (Wildman–Crippen MR) is 89.1 cm³/mol. The summed E-state index contributed by atoms with van der Waals surface area (Å²) in [4.78, 5) is 2.32. The van der Waals surface area contributed by atoms with Crippen LogP contribution in [0.2, 0.25) is 5.02 Å². The fourth-order valence-electron chi connectivity index (χ4n) is 1.73. The van der Waals surface area contributed by atoms with Crippen molar-refractivity contribution < 1.29 is 9.47 Å². The maximum atomic E-state index is 5.83. The zero-order chi connectivity index (χ0) is 15.7. The average molecular weight is 315 g/mol. The number of halogens is 1. The van der Waals surface area contributed by atoms with Crippen LogP contribution >= 0.6 is 11.6 Å². The Hall–Kier alpha value is -0.970. The maximum absolute atomic E-state index is 5.83. The third kappa shape index (κ3) is 8.15. The van der Waals surface area contributed by atoms with Gasteiger partial charge in [-0.25, -0.2) is 0 Å². The summed E-state index contributed by atoms with van der Waals surface area (Å²) in [5.74, 6) is 1.60. The number of ether oxygens (including phenoxy) is 2. The van der Waals surface area contributed by atoms with Gasteiger partial charge in [0.05, 0.1) is 23.9 Å². The van der Waals surface area contributed by atoms with E-state index in [1.165, 1.54) is 0 Å². The Morgan fingerprint density at radius 2 is 1.90 bits per heavy atom. The van der Waals surface area contributed by atoms with Crippen molar-refractivity contribution in [2.24, 2.45) is 5.92 Å². The molecule has 1 fully saturated rings. The van der Waals surface area contributed by atoms with Gasteiger partial charge in [0.25, 0.3) is 0 Å². The van der Waals surface area contributed by atoms with Gasteiger partial charge in [0.2, 0.25) is 0 Å². The van der Waals surface area contributed by atoms with Gasteiger partial charge in [0, 0.05) is 25.7 Å². The highest BCUT2D eigenvalue weighted by molar-refractivity contribution is 6.33. The van der Waals surface area contributed by atoms with Gasteiger partial charge in [-0.1, -0.05) is 32.4 Å². The van der Waals surface area contributed by atoms with E-state index in [1.54, 1.807) is 12.1 Å². The Morgan fingerprint density at radius 1 is 1.29 bits per heavy atom. The zero-order valence-electron chi connectivity index (χ0n) is 13.3. The lowest BCUT2D eigenvalue weighted by atomic mass is 10.3. The van der Waals surface area contributed by atoms with Gasteiger partial charge in [-0.05, 0) is 18.1 Å². The van der Waals surface area contributed by atoms with Crippen LogP contribution in [0.5, 0.6) is 5.75 Å². The van der Waals surface area contributed by atoms with Gasteiger partial charge in [0.1, 0.15) is 12.4 Å². The molecule has 0 unspecified atom stereocenters. The molecule has 0 aromatic heterocycles. The number of hydrogen-bond donors (Lipinski definition) is 1. The number of hydrogen-bond acceptors (Lipinski definition) is 4. The van der Waals surface area contributed by atoms with Crippen molar-refractivity contribution in [3.8, 4) is 5.75 Å². The monoisotopic (exact) mass is 314 g/mol. The van der Waals surface area contributed by atoms with Crippen LogP contribution in [0, 0.1) is 5.92 Å². The van der Waals surface area contributed by atoms with E-state index in [2.05, 4.69) is 25.7 Å². The van der Waals surface area contributed by atoms with Crippen LogP contribution in [0.25, 0.3) is 0 Å². The van der Waals surface area contributed by atoms with Crippen LogP contribution in [0.1, 0.15) is 20.8 Å². The largest absolute Gasteiger partial charge is 0.492 e. The molecule has 1 saturated heterocycles. The molecular weight excluding hydrogens is 288 g/mol. The summed E-state index contributed by atoms with van der Waals surface area (Å²) in [5.41, 5.74) is 6.25. The van der Waals surface area contributed by atoms with E-state index in [1.807, 2.05) is 6.07 Å². The first-order valence-electron chi connectivity index (χ1n) is 7.47. The summed E-state index contributed by atoms with van der Waals surface area (Å²) in [6.07, 6.45) is 0. The normalized spacial score (nSPS) is 15.5. The molecule has 2 rings (SSSR count). The molecular formula is C16H27ClN2O2. The van der Waals surface area contributed by atoms with Crippen molar-refractivity contribution in [3.63, 3.8) is 0 Å². The highest BCUT2D eigenvalue weighted by atomic mass is 35.5. The molecule has 0 aliphatic carbocycles. The van der Waals surface area contributed by atoms with Crippen molar-refractivity contribution in [2.45, 2.75) is 20.8 Å². The number of nitrogen functional groups attached to an aromatic ring is 1. The molecule has 1 heterocycles. The second-order valence-corrected chi connectivity index (χ2v) is 6.13. The summed E-state index contributed by atoms with van der Waals surface area (Å²) in [6, 6.07) is 5.33. The van der Waals surface area contributed by atoms with E-state index in [0.717, 1.165) is 44.5 Å². The van der Waals surface area contributed by atoms with Crippen molar-refractivity contribution in [2.75, 3.05) is 45.2 Å². The highest BCUT2D eigenvalue weighted by Gasteiger charge is 2.09. The van der Waals surface area contributed by atoms with E-state index in [9.17, 15) is 0 Å². The lowest BCUT2D eigenvalue weighted by Gasteiger charge is -2.26. The molecule has 2 N–H and O–H groups in total. The van der Waals surface area contributed by atoms with Crippen molar-refractivity contribution >= 4 is 17.3 Å². The number of nitrogens with zero attached hydrogens (tertiary/aromatic N) is 1. The van der Waals surface area contributed by atoms with E-state index >= 15 is 0 Å². The molecule has 21 heavy (non-hydrogen) atoms. The Labute approximate surface area is 133 Å². The molecule has 5 heteroatoms. The van der Waals surface area contributed by atoms with E-state index in [-0.39, 0.29) is 0 Å². The fraction of sp³-hybridized carbons (Fsp3) is 0.625. The minimum absolute atomic E-state index is 0.551. The minimum Gasteiger partial charge on any atom is -0.492 e. The van der Waals surface area contributed by atoms with Crippen LogP contribution in [0.4, 0.5) is 5.69 Å². The average Bonchev–Trinajstić information content (AvgIpc) is 2.43. The quantitative estimate of drug-likeness (QED) is 0.866. The lowest BCUT2D eigenvalue weighted by molar-refractivity contribution is 0.0322. The maximum Gasteiger partial charge on any atom is 0.121 e. The SMILES string of the molecule is CC(C)C.Nc1cc(OCCN2CCOCC2)ccc1Cl. The van der Waals surface area contributed by atoms with Crippen molar-refractivity contribution in [1.29, 1.82) is 0 Å². The molecule has 0 atom stereocenters. The number of nitrogens with two attached hydrogens (primary N) is 1. The second kappa shape index (κ2) is 9.87. The summed E-state index contributed by atoms with van der Waals surface area (Å²) >= 11 is 5.83. The molecule has 0 bridgehead atoms. The number of anilines is 1. The predicted octanol–water partition coefficient (Wildman–Crippen LogP) is 3.30. The number of benzene rings is 1. The zero-order valence-corrected chi connectivity index (χ0v) is 14.0. The smallest absolute Gasteiger partial charge is 0.121 e. The third-order valence-electron chi connectivity index (χ3n) is 2.75. The summed E-state index contributed by atoms with van der Waals surface area (Å²) in [7, 11) is 0. The lowest BCUT2D eigenvalue weighted by Crippen LogP contribution is -2.38. The Bertz CT molecular complexity index is 405. The van der Waals surface area contributed by atoms with Crippen LogP contribution in [-0.4, -0.2) is 44.4 Å². The third-order valence-corrected chi connectivity index (χ3v) is 3.09. The van der Waals surface area contributed by atoms with Crippen LogP contribution < -0.4 is 10.5 Å². The molecule has 0 amide bonds. The first-order chi connectivity index (χ1) is 9.99. The van der Waals surface area contributed by atoms with E-state index in [4.69, 9.17) is 26.8 Å². The minimum atomic E-state index is 0.551. The van der Waals surface area contributed by atoms with Gasteiger partial charge in [-0.15, -0.1) is 0 Å². The standard InChI is InChI=1S/C12H17ClN2O2.C4H10/c13-11-2-1-10(9-12(11)14)17-8-5-15-3-6-16-7-4-15;1-4(2)3/h1-2,9H,3-8,14H2;4H,1-3H3. The molecule has 0 spiro atoms. The highest BCUT2D eigenvalue weighted by Crippen LogP contribution is 2.23. The van der Waals surface area contributed by atoms with E-state index in [0.29, 0.717) is 17.3 Å². The molecule has 120 valence electrons. The fourth-order valence-corrected chi connectivity index (χ4v) is 1.85. The molecule has 0 radical (unpaired) electrons. The van der Waals surface area contributed by atoms with Gasteiger partial charge < -0.3 is 15.2 Å². The molecule has 0 saturated carbocycles. The molecule has 1 aromatic carbocycles. The summed E-state index contributed by atoms with van der Waals surface area (Å²) in [6.45, 7) is 11.6.